The maximum Gasteiger partial charge on any atom is 0.251 e. The lowest BCUT2D eigenvalue weighted by atomic mass is 10.2. The minimum Gasteiger partial charge on any atom is -0.350 e. The first-order valence-corrected chi connectivity index (χ1v) is 8.78. The molecule has 0 fully saturated rings. The molecule has 1 amide bonds. The maximum absolute atomic E-state index is 12.1. The Hall–Kier alpha value is -2.42. The van der Waals surface area contributed by atoms with E-state index in [1.165, 1.54) is 5.69 Å². The summed E-state index contributed by atoms with van der Waals surface area (Å²) in [4.78, 5) is 20.5. The van der Waals surface area contributed by atoms with E-state index in [0.717, 1.165) is 37.6 Å². The molecule has 0 radical (unpaired) electrons. The van der Waals surface area contributed by atoms with Gasteiger partial charge >= 0.3 is 0 Å². The van der Waals surface area contributed by atoms with Crippen LogP contribution in [0, 0.1) is 0 Å². The third kappa shape index (κ3) is 4.89. The van der Waals surface area contributed by atoms with E-state index in [2.05, 4.69) is 31.3 Å². The van der Waals surface area contributed by atoms with Gasteiger partial charge in [0.1, 0.15) is 5.69 Å². The molecule has 0 aliphatic carbocycles. The summed E-state index contributed by atoms with van der Waals surface area (Å²) >= 11 is 0. The van der Waals surface area contributed by atoms with Crippen molar-refractivity contribution < 1.29 is 4.79 Å². The lowest BCUT2D eigenvalue weighted by molar-refractivity contribution is 0.0952. The molecule has 4 rings (SSSR count). The number of hydrogen-bond donors (Lipinski definition) is 2. The van der Waals surface area contributed by atoms with E-state index in [0.29, 0.717) is 18.7 Å². The van der Waals surface area contributed by atoms with E-state index in [9.17, 15) is 4.79 Å². The zero-order valence-electron chi connectivity index (χ0n) is 15.2. The Kier molecular flexibility index (Phi) is 7.98. The van der Waals surface area contributed by atoms with Crippen LogP contribution in [0.2, 0.25) is 0 Å². The van der Waals surface area contributed by atoms with Gasteiger partial charge in [-0.25, -0.2) is 4.98 Å². The highest BCUT2D eigenvalue weighted by atomic mass is 35.5. The summed E-state index contributed by atoms with van der Waals surface area (Å²) in [7, 11) is 0. The van der Waals surface area contributed by atoms with Crippen LogP contribution in [0.4, 0.5) is 0 Å². The number of halogens is 2. The van der Waals surface area contributed by atoms with E-state index in [4.69, 9.17) is 5.10 Å². The van der Waals surface area contributed by atoms with Crippen molar-refractivity contribution in [2.24, 2.45) is 0 Å². The Morgan fingerprint density at radius 1 is 1.21 bits per heavy atom. The lowest BCUT2D eigenvalue weighted by Gasteiger charge is -2.08. The van der Waals surface area contributed by atoms with Crippen molar-refractivity contribution >= 4 is 30.7 Å². The third-order valence-corrected chi connectivity index (χ3v) is 4.42. The summed E-state index contributed by atoms with van der Waals surface area (Å²) in [6.45, 7) is 3.91. The van der Waals surface area contributed by atoms with Gasteiger partial charge in [-0.2, -0.15) is 5.10 Å². The van der Waals surface area contributed by atoms with Crippen LogP contribution in [0.1, 0.15) is 22.5 Å². The highest BCUT2D eigenvalue weighted by molar-refractivity contribution is 5.93. The van der Waals surface area contributed by atoms with Crippen molar-refractivity contribution in [3.05, 3.63) is 54.2 Å². The van der Waals surface area contributed by atoms with Gasteiger partial charge in [-0.15, -0.1) is 24.8 Å². The van der Waals surface area contributed by atoms with Crippen molar-refractivity contribution in [1.82, 2.24) is 34.9 Å². The Morgan fingerprint density at radius 2 is 2.04 bits per heavy atom. The number of nitrogens with zero attached hydrogens (tertiary/aromatic N) is 5. The second kappa shape index (κ2) is 10.2. The third-order valence-electron chi connectivity index (χ3n) is 4.42. The summed E-state index contributed by atoms with van der Waals surface area (Å²) in [5.74, 6) is 0.720. The van der Waals surface area contributed by atoms with Crippen LogP contribution < -0.4 is 10.6 Å². The molecule has 0 saturated heterocycles. The predicted molar refractivity (Wildman–Crippen MR) is 111 cm³/mol. The normalized spacial score (nSPS) is 12.9. The monoisotopic (exact) mass is 423 g/mol. The molecule has 8 nitrogen and oxygen atoms in total. The van der Waals surface area contributed by atoms with Crippen LogP contribution in [-0.2, 0) is 19.6 Å². The zero-order chi connectivity index (χ0) is 17.8. The van der Waals surface area contributed by atoms with Gasteiger partial charge in [-0.1, -0.05) is 0 Å². The van der Waals surface area contributed by atoms with Crippen LogP contribution in [0.15, 0.2) is 43.0 Å². The van der Waals surface area contributed by atoms with Crippen LogP contribution in [0.3, 0.4) is 0 Å². The number of pyridine rings is 1. The van der Waals surface area contributed by atoms with E-state index < -0.39 is 0 Å². The van der Waals surface area contributed by atoms with Crippen molar-refractivity contribution in [2.75, 3.05) is 13.1 Å². The van der Waals surface area contributed by atoms with Crippen molar-refractivity contribution in [1.29, 1.82) is 0 Å². The maximum atomic E-state index is 12.1. The average molecular weight is 424 g/mol. The lowest BCUT2D eigenvalue weighted by Crippen LogP contribution is -2.27. The standard InChI is InChI=1S/C18H21N7O.2ClH/c26-18(14-2-5-19-6-3-14)22-8-11-24-10-7-21-17(24)16-12-15-13-20-4-1-9-25(15)23-16;;/h2-3,5-7,10,12,20H,1,4,8-9,11,13H2,(H,22,26);2*1H. The fraction of sp³-hybridized carbons (Fsp3) is 0.333. The molecule has 0 unspecified atom stereocenters. The van der Waals surface area contributed by atoms with E-state index in [1.54, 1.807) is 30.7 Å². The summed E-state index contributed by atoms with van der Waals surface area (Å²) in [5.41, 5.74) is 2.66. The van der Waals surface area contributed by atoms with Crippen LogP contribution in [-0.4, -0.2) is 43.3 Å². The molecule has 3 aromatic rings. The van der Waals surface area contributed by atoms with Crippen LogP contribution in [0.5, 0.6) is 0 Å². The number of amides is 1. The van der Waals surface area contributed by atoms with E-state index >= 15 is 0 Å². The molecule has 0 atom stereocenters. The Balaban J connectivity index is 0.00000140. The largest absolute Gasteiger partial charge is 0.350 e. The minimum absolute atomic E-state index is 0. The molecule has 2 N–H and O–H groups in total. The summed E-state index contributed by atoms with van der Waals surface area (Å²) in [5, 5.41) is 11.0. The number of rotatable bonds is 5. The molecular formula is C18H23Cl2N7O. The second-order valence-electron chi connectivity index (χ2n) is 6.21. The molecular weight excluding hydrogens is 401 g/mol. The SMILES string of the molecule is Cl.Cl.O=C(NCCn1ccnc1-c1cc2n(n1)CCCNC2)c1ccncc1. The molecule has 4 heterocycles. The first-order chi connectivity index (χ1) is 12.8. The fourth-order valence-electron chi connectivity index (χ4n) is 3.09. The average Bonchev–Trinajstić information content (AvgIpc) is 3.24. The quantitative estimate of drug-likeness (QED) is 0.653. The number of carbonyl (C=O) groups is 1. The molecule has 1 aliphatic rings. The first-order valence-electron chi connectivity index (χ1n) is 8.78. The van der Waals surface area contributed by atoms with E-state index in [-0.39, 0.29) is 30.7 Å². The molecule has 0 spiro atoms. The zero-order valence-corrected chi connectivity index (χ0v) is 16.9. The van der Waals surface area contributed by atoms with Crippen molar-refractivity contribution in [3.8, 4) is 11.5 Å². The van der Waals surface area contributed by atoms with Gasteiger partial charge in [0, 0.05) is 56.5 Å². The molecule has 0 saturated carbocycles. The number of nitrogens with one attached hydrogen (secondary N) is 2. The molecule has 28 heavy (non-hydrogen) atoms. The topological polar surface area (TPSA) is 89.7 Å². The number of hydrogen-bond acceptors (Lipinski definition) is 5. The highest BCUT2D eigenvalue weighted by Crippen LogP contribution is 2.19. The van der Waals surface area contributed by atoms with Gasteiger partial charge in [0.05, 0.1) is 5.69 Å². The van der Waals surface area contributed by atoms with Gasteiger partial charge in [-0.05, 0) is 31.2 Å². The van der Waals surface area contributed by atoms with Gasteiger partial charge in [0.15, 0.2) is 5.82 Å². The summed E-state index contributed by atoms with van der Waals surface area (Å²) in [6, 6.07) is 5.49. The van der Waals surface area contributed by atoms with Crippen molar-refractivity contribution in [3.63, 3.8) is 0 Å². The van der Waals surface area contributed by atoms with E-state index in [1.807, 2.05) is 10.8 Å². The fourth-order valence-corrected chi connectivity index (χ4v) is 3.09. The number of aromatic nitrogens is 5. The van der Waals surface area contributed by atoms with Gasteiger partial charge in [0.25, 0.3) is 5.91 Å². The molecule has 150 valence electrons. The van der Waals surface area contributed by atoms with Crippen molar-refractivity contribution in [2.45, 2.75) is 26.1 Å². The Labute approximate surface area is 175 Å². The number of fused-ring (bicyclic) bond motifs is 1. The smallest absolute Gasteiger partial charge is 0.251 e. The van der Waals surface area contributed by atoms with Crippen LogP contribution >= 0.6 is 24.8 Å². The van der Waals surface area contributed by atoms with Crippen LogP contribution in [0.25, 0.3) is 11.5 Å². The Bertz CT molecular complexity index is 871. The predicted octanol–water partition coefficient (Wildman–Crippen LogP) is 1.91. The number of carbonyl (C=O) groups excluding carboxylic acids is 1. The molecule has 0 aromatic carbocycles. The number of imidazole rings is 1. The molecule has 3 aromatic heterocycles. The minimum atomic E-state index is -0.103. The summed E-state index contributed by atoms with van der Waals surface area (Å²) < 4.78 is 4.07. The van der Waals surface area contributed by atoms with Gasteiger partial charge in [0.2, 0.25) is 0 Å². The molecule has 10 heteroatoms. The molecule has 0 bridgehead atoms. The number of aryl methyl sites for hydroxylation is 1. The molecule has 1 aliphatic heterocycles. The van der Waals surface area contributed by atoms with Gasteiger partial charge < -0.3 is 15.2 Å². The highest BCUT2D eigenvalue weighted by Gasteiger charge is 2.15. The Morgan fingerprint density at radius 3 is 2.86 bits per heavy atom. The van der Waals surface area contributed by atoms with Gasteiger partial charge in [-0.3, -0.25) is 14.5 Å². The second-order valence-corrected chi connectivity index (χ2v) is 6.21. The summed E-state index contributed by atoms with van der Waals surface area (Å²) in [6.07, 6.45) is 7.98. The first kappa shape index (κ1) is 21.9.